The lowest BCUT2D eigenvalue weighted by Crippen LogP contribution is -2.36. The first-order valence-electron chi connectivity index (χ1n) is 10.4. The number of nitrogens with zero attached hydrogens (tertiary/aromatic N) is 2. The Morgan fingerprint density at radius 3 is 2.40 bits per heavy atom. The third kappa shape index (κ3) is 5.53. The molecule has 1 aliphatic carbocycles. The number of rotatable bonds is 6. The average Bonchev–Trinajstić information content (AvgIpc) is 3.61. The second-order valence-corrected chi connectivity index (χ2v) is 8.83. The van der Waals surface area contributed by atoms with Gasteiger partial charge in [0.05, 0.1) is 5.75 Å². The molecule has 0 radical (unpaired) electrons. The molecule has 0 unspecified atom stereocenters. The van der Waals surface area contributed by atoms with Gasteiger partial charge in [-0.25, -0.2) is 4.39 Å². The van der Waals surface area contributed by atoms with Gasteiger partial charge < -0.3 is 15.1 Å². The highest BCUT2D eigenvalue weighted by Gasteiger charge is 2.33. The predicted molar refractivity (Wildman–Crippen MR) is 118 cm³/mol. The molecule has 1 heterocycles. The largest absolute Gasteiger partial charge is 0.370 e. The Morgan fingerprint density at radius 2 is 1.70 bits per heavy atom. The molecule has 1 saturated carbocycles. The summed E-state index contributed by atoms with van der Waals surface area (Å²) >= 11 is 1.37. The number of carbonyl (C=O) groups is 2. The molecule has 0 aromatic heterocycles. The molecule has 30 heavy (non-hydrogen) atoms. The van der Waals surface area contributed by atoms with Gasteiger partial charge >= 0.3 is 0 Å². The van der Waals surface area contributed by atoms with Crippen molar-refractivity contribution >= 4 is 35.0 Å². The molecule has 158 valence electrons. The van der Waals surface area contributed by atoms with Crippen molar-refractivity contribution in [1.82, 2.24) is 4.90 Å². The van der Waals surface area contributed by atoms with Gasteiger partial charge in [-0.2, -0.15) is 0 Å². The summed E-state index contributed by atoms with van der Waals surface area (Å²) in [5, 5.41) is 2.90. The van der Waals surface area contributed by atoms with Crippen LogP contribution in [0, 0.1) is 11.7 Å². The van der Waals surface area contributed by atoms with Crippen molar-refractivity contribution in [2.75, 3.05) is 42.1 Å². The Balaban J connectivity index is 1.26. The number of hydrogen-bond acceptors (Lipinski definition) is 4. The van der Waals surface area contributed by atoms with Gasteiger partial charge in [0.2, 0.25) is 11.8 Å². The Morgan fingerprint density at radius 1 is 0.967 bits per heavy atom. The highest BCUT2D eigenvalue weighted by Crippen LogP contribution is 2.31. The highest BCUT2D eigenvalue weighted by atomic mass is 32.2. The minimum absolute atomic E-state index is 0.0962. The summed E-state index contributed by atoms with van der Waals surface area (Å²) in [4.78, 5) is 29.7. The molecule has 2 aromatic rings. The zero-order chi connectivity index (χ0) is 20.9. The van der Waals surface area contributed by atoms with Crippen LogP contribution in [0.15, 0.2) is 53.4 Å². The molecule has 2 aromatic carbocycles. The van der Waals surface area contributed by atoms with Crippen molar-refractivity contribution in [3.05, 3.63) is 54.3 Å². The maximum Gasteiger partial charge on any atom is 0.234 e. The predicted octanol–water partition coefficient (Wildman–Crippen LogP) is 4.01. The fraction of sp³-hybridized carbons (Fsp3) is 0.391. The average molecular weight is 428 g/mol. The van der Waals surface area contributed by atoms with Gasteiger partial charge in [0, 0.05) is 48.4 Å². The maximum absolute atomic E-state index is 12.9. The molecule has 4 rings (SSSR count). The van der Waals surface area contributed by atoms with E-state index in [1.165, 1.54) is 23.9 Å². The summed E-state index contributed by atoms with van der Waals surface area (Å²) in [5.74, 6) is 0.496. The molecule has 0 spiro atoms. The van der Waals surface area contributed by atoms with Gasteiger partial charge in [-0.1, -0.05) is 0 Å². The standard InChI is InChI=1S/C23H26FN3O2S/c24-18-4-10-21(11-5-18)30-16-22(28)25-19-6-8-20(9-7-19)26-12-1-13-27(15-14-26)23(29)17-2-3-17/h4-11,17H,1-3,12-16H2,(H,25,28). The van der Waals surface area contributed by atoms with Gasteiger partial charge in [0.15, 0.2) is 0 Å². The van der Waals surface area contributed by atoms with E-state index in [-0.39, 0.29) is 23.4 Å². The van der Waals surface area contributed by atoms with Gasteiger partial charge in [0.25, 0.3) is 0 Å². The van der Waals surface area contributed by atoms with Gasteiger partial charge in [0.1, 0.15) is 5.82 Å². The monoisotopic (exact) mass is 427 g/mol. The summed E-state index contributed by atoms with van der Waals surface area (Å²) in [6.07, 6.45) is 3.07. The number of hydrogen-bond donors (Lipinski definition) is 1. The van der Waals surface area contributed by atoms with E-state index in [9.17, 15) is 14.0 Å². The lowest BCUT2D eigenvalue weighted by Gasteiger charge is -2.24. The van der Waals surface area contributed by atoms with Crippen molar-refractivity contribution in [2.24, 2.45) is 5.92 Å². The van der Waals surface area contributed by atoms with Gasteiger partial charge in [-0.15, -0.1) is 11.8 Å². The van der Waals surface area contributed by atoms with Crippen LogP contribution in [0.3, 0.4) is 0 Å². The smallest absolute Gasteiger partial charge is 0.234 e. The summed E-state index contributed by atoms with van der Waals surface area (Å²) in [7, 11) is 0. The number of thioether (sulfide) groups is 1. The number of halogens is 1. The minimum atomic E-state index is -0.282. The SMILES string of the molecule is O=C(CSc1ccc(F)cc1)Nc1ccc(N2CCCN(C(=O)C3CC3)CC2)cc1. The zero-order valence-electron chi connectivity index (χ0n) is 16.9. The fourth-order valence-corrected chi connectivity index (χ4v) is 4.32. The van der Waals surface area contributed by atoms with Crippen LogP contribution in [-0.2, 0) is 9.59 Å². The van der Waals surface area contributed by atoms with E-state index in [1.54, 1.807) is 12.1 Å². The first kappa shape index (κ1) is 20.7. The van der Waals surface area contributed by atoms with E-state index in [0.717, 1.165) is 61.7 Å². The van der Waals surface area contributed by atoms with Gasteiger partial charge in [-0.05, 0) is 67.8 Å². The van der Waals surface area contributed by atoms with Crippen molar-refractivity contribution in [1.29, 1.82) is 0 Å². The Labute approximate surface area is 180 Å². The van der Waals surface area contributed by atoms with Crippen LogP contribution in [0.2, 0.25) is 0 Å². The molecule has 1 saturated heterocycles. The van der Waals surface area contributed by atoms with Crippen LogP contribution in [0.4, 0.5) is 15.8 Å². The molecule has 7 heteroatoms. The first-order chi connectivity index (χ1) is 14.6. The second-order valence-electron chi connectivity index (χ2n) is 7.78. The number of benzene rings is 2. The summed E-state index contributed by atoms with van der Waals surface area (Å²) in [5.41, 5.74) is 1.86. The topological polar surface area (TPSA) is 52.7 Å². The van der Waals surface area contributed by atoms with E-state index < -0.39 is 0 Å². The van der Waals surface area contributed by atoms with E-state index in [2.05, 4.69) is 10.2 Å². The molecule has 2 fully saturated rings. The van der Waals surface area contributed by atoms with E-state index in [1.807, 2.05) is 29.2 Å². The lowest BCUT2D eigenvalue weighted by atomic mass is 10.2. The van der Waals surface area contributed by atoms with Crippen molar-refractivity contribution in [3.63, 3.8) is 0 Å². The lowest BCUT2D eigenvalue weighted by molar-refractivity contribution is -0.132. The molecular formula is C23H26FN3O2S. The third-order valence-electron chi connectivity index (χ3n) is 5.43. The van der Waals surface area contributed by atoms with Crippen LogP contribution in [0.25, 0.3) is 0 Å². The van der Waals surface area contributed by atoms with Crippen LogP contribution < -0.4 is 10.2 Å². The van der Waals surface area contributed by atoms with Crippen molar-refractivity contribution < 1.29 is 14.0 Å². The number of carbonyl (C=O) groups excluding carboxylic acids is 2. The van der Waals surface area contributed by atoms with Crippen molar-refractivity contribution in [3.8, 4) is 0 Å². The van der Waals surface area contributed by atoms with Crippen LogP contribution in [0.1, 0.15) is 19.3 Å². The molecular weight excluding hydrogens is 401 g/mol. The second kappa shape index (κ2) is 9.51. The number of amides is 2. The van der Waals surface area contributed by atoms with Crippen LogP contribution in [0.5, 0.6) is 0 Å². The minimum Gasteiger partial charge on any atom is -0.370 e. The number of nitrogens with one attached hydrogen (secondary N) is 1. The Hall–Kier alpha value is -2.54. The Kier molecular flexibility index (Phi) is 6.57. The van der Waals surface area contributed by atoms with Gasteiger partial charge in [-0.3, -0.25) is 9.59 Å². The normalized spacial score (nSPS) is 16.8. The first-order valence-corrected chi connectivity index (χ1v) is 11.4. The number of anilines is 2. The molecule has 0 bridgehead atoms. The van der Waals surface area contributed by atoms with E-state index >= 15 is 0 Å². The molecule has 2 aliphatic rings. The zero-order valence-corrected chi connectivity index (χ0v) is 17.7. The molecule has 1 aliphatic heterocycles. The van der Waals surface area contributed by atoms with E-state index in [4.69, 9.17) is 0 Å². The van der Waals surface area contributed by atoms with Crippen LogP contribution >= 0.6 is 11.8 Å². The molecule has 2 amide bonds. The molecule has 0 atom stereocenters. The van der Waals surface area contributed by atoms with Crippen LogP contribution in [-0.4, -0.2) is 48.6 Å². The molecule has 1 N–H and O–H groups in total. The quantitative estimate of drug-likeness (QED) is 0.708. The third-order valence-corrected chi connectivity index (χ3v) is 6.45. The Bertz CT molecular complexity index is 884. The fourth-order valence-electron chi connectivity index (χ4n) is 3.62. The highest BCUT2D eigenvalue weighted by molar-refractivity contribution is 8.00. The maximum atomic E-state index is 12.9. The summed E-state index contributed by atoms with van der Waals surface area (Å²) in [6, 6.07) is 14.0. The summed E-state index contributed by atoms with van der Waals surface area (Å²) < 4.78 is 12.9. The van der Waals surface area contributed by atoms with Crippen molar-refractivity contribution in [2.45, 2.75) is 24.2 Å². The molecule has 5 nitrogen and oxygen atoms in total. The summed E-state index contributed by atoms with van der Waals surface area (Å²) in [6.45, 7) is 3.37. The van der Waals surface area contributed by atoms with E-state index in [0.29, 0.717) is 5.91 Å².